The number of nitrogens with zero attached hydrogens (tertiary/aromatic N) is 1. The predicted octanol–water partition coefficient (Wildman–Crippen LogP) is 2.42. The summed E-state index contributed by atoms with van der Waals surface area (Å²) in [6.07, 6.45) is 0.333. The molecule has 2 rings (SSSR count). The highest BCUT2D eigenvalue weighted by Gasteiger charge is 2.29. The summed E-state index contributed by atoms with van der Waals surface area (Å²) >= 11 is 0. The van der Waals surface area contributed by atoms with Gasteiger partial charge in [0.25, 0.3) is 0 Å². The molecule has 134 valence electrons. The van der Waals surface area contributed by atoms with Gasteiger partial charge in [-0.25, -0.2) is 4.98 Å². The van der Waals surface area contributed by atoms with Crippen LogP contribution in [0, 0.1) is 5.92 Å². The van der Waals surface area contributed by atoms with Crippen LogP contribution in [0.4, 0.5) is 13.2 Å². The van der Waals surface area contributed by atoms with E-state index < -0.39 is 12.8 Å². The van der Waals surface area contributed by atoms with E-state index in [-0.39, 0.29) is 18.3 Å². The van der Waals surface area contributed by atoms with Crippen molar-refractivity contribution in [2.45, 2.75) is 38.4 Å². The van der Waals surface area contributed by atoms with E-state index in [0.717, 1.165) is 32.4 Å². The number of piperidine rings is 1. The highest BCUT2D eigenvalue weighted by atomic mass is 19.4. The Bertz CT molecular complexity index is 532. The summed E-state index contributed by atoms with van der Waals surface area (Å²) in [6, 6.07) is 3.18. The van der Waals surface area contributed by atoms with Crippen LogP contribution in [0.25, 0.3) is 0 Å². The van der Waals surface area contributed by atoms with Crippen molar-refractivity contribution in [1.29, 1.82) is 0 Å². The Morgan fingerprint density at radius 2 is 2.12 bits per heavy atom. The van der Waals surface area contributed by atoms with E-state index in [4.69, 9.17) is 4.74 Å². The molecular weight excluding hydrogens is 323 g/mol. The van der Waals surface area contributed by atoms with Crippen LogP contribution in [-0.2, 0) is 11.3 Å². The molecule has 0 saturated carbocycles. The Kier molecular flexibility index (Phi) is 6.84. The third kappa shape index (κ3) is 6.74. The molecule has 1 aliphatic rings. The minimum atomic E-state index is -4.42. The van der Waals surface area contributed by atoms with Crippen LogP contribution in [-0.4, -0.2) is 36.8 Å². The maximum Gasteiger partial charge on any atom is 0.422 e. The number of pyridine rings is 1. The van der Waals surface area contributed by atoms with E-state index in [0.29, 0.717) is 17.9 Å². The van der Waals surface area contributed by atoms with Crippen LogP contribution in [0.2, 0.25) is 0 Å². The summed E-state index contributed by atoms with van der Waals surface area (Å²) in [5, 5.41) is 6.00. The van der Waals surface area contributed by atoms with Gasteiger partial charge in [-0.3, -0.25) is 4.79 Å². The van der Waals surface area contributed by atoms with Gasteiger partial charge >= 0.3 is 6.18 Å². The minimum absolute atomic E-state index is 0.103. The monoisotopic (exact) mass is 345 g/mol. The second kappa shape index (κ2) is 8.86. The van der Waals surface area contributed by atoms with Gasteiger partial charge in [0.05, 0.1) is 0 Å². The van der Waals surface area contributed by atoms with Gasteiger partial charge in [0.2, 0.25) is 11.8 Å². The van der Waals surface area contributed by atoms with Crippen molar-refractivity contribution >= 4 is 5.91 Å². The van der Waals surface area contributed by atoms with Gasteiger partial charge in [0.1, 0.15) is 0 Å². The van der Waals surface area contributed by atoms with Crippen LogP contribution in [0.15, 0.2) is 18.3 Å². The smallest absolute Gasteiger partial charge is 0.422 e. The first kappa shape index (κ1) is 18.5. The minimum Gasteiger partial charge on any atom is -0.468 e. The van der Waals surface area contributed by atoms with Crippen molar-refractivity contribution in [1.82, 2.24) is 15.6 Å². The summed E-state index contributed by atoms with van der Waals surface area (Å²) in [5.41, 5.74) is 0.428. The summed E-state index contributed by atoms with van der Waals surface area (Å²) in [6.45, 7) is 0.677. The molecule has 2 N–H and O–H groups in total. The molecule has 0 aromatic carbocycles. The van der Waals surface area contributed by atoms with Gasteiger partial charge in [-0.1, -0.05) is 6.07 Å². The van der Waals surface area contributed by atoms with Gasteiger partial charge in [-0.15, -0.1) is 0 Å². The summed E-state index contributed by atoms with van der Waals surface area (Å²) in [4.78, 5) is 15.7. The highest BCUT2D eigenvalue weighted by molar-refractivity contribution is 5.75. The number of hydrogen-bond donors (Lipinski definition) is 2. The lowest BCUT2D eigenvalue weighted by molar-refractivity contribution is -0.154. The maximum absolute atomic E-state index is 12.2. The second-order valence-corrected chi connectivity index (χ2v) is 5.88. The van der Waals surface area contributed by atoms with Crippen molar-refractivity contribution < 1.29 is 22.7 Å². The lowest BCUT2D eigenvalue weighted by Crippen LogP contribution is -2.29. The summed E-state index contributed by atoms with van der Waals surface area (Å²) in [7, 11) is 0. The van der Waals surface area contributed by atoms with E-state index in [9.17, 15) is 18.0 Å². The van der Waals surface area contributed by atoms with Crippen LogP contribution in [0.3, 0.4) is 0 Å². The van der Waals surface area contributed by atoms with Gasteiger partial charge < -0.3 is 15.4 Å². The molecule has 2 heterocycles. The predicted molar refractivity (Wildman–Crippen MR) is 82.5 cm³/mol. The fourth-order valence-corrected chi connectivity index (χ4v) is 2.63. The third-order valence-corrected chi connectivity index (χ3v) is 3.94. The van der Waals surface area contributed by atoms with Gasteiger partial charge in [0.15, 0.2) is 6.61 Å². The first-order chi connectivity index (χ1) is 11.4. The van der Waals surface area contributed by atoms with Crippen molar-refractivity contribution in [2.24, 2.45) is 5.92 Å². The lowest BCUT2D eigenvalue weighted by Gasteiger charge is -2.22. The number of nitrogens with one attached hydrogen (secondary N) is 2. The molecule has 0 radical (unpaired) electrons. The topological polar surface area (TPSA) is 63.2 Å². The molecule has 0 spiro atoms. The number of halogens is 3. The normalized spacial score (nSPS) is 16.0. The number of carbonyl (C=O) groups is 1. The first-order valence-electron chi connectivity index (χ1n) is 8.05. The van der Waals surface area contributed by atoms with E-state index in [1.165, 1.54) is 6.20 Å². The fourth-order valence-electron chi connectivity index (χ4n) is 2.63. The van der Waals surface area contributed by atoms with Crippen LogP contribution in [0.1, 0.15) is 31.2 Å². The number of alkyl halides is 3. The molecule has 1 amide bonds. The van der Waals surface area contributed by atoms with Gasteiger partial charge in [-0.05, 0) is 44.3 Å². The molecule has 24 heavy (non-hydrogen) atoms. The largest absolute Gasteiger partial charge is 0.468 e. The Hall–Kier alpha value is -1.83. The molecule has 1 fully saturated rings. The highest BCUT2D eigenvalue weighted by Crippen LogP contribution is 2.20. The van der Waals surface area contributed by atoms with Gasteiger partial charge in [-0.2, -0.15) is 13.2 Å². The zero-order valence-corrected chi connectivity index (χ0v) is 13.4. The van der Waals surface area contributed by atoms with Crippen LogP contribution in [0.5, 0.6) is 5.88 Å². The number of carbonyl (C=O) groups excluding carboxylic acids is 1. The molecule has 1 saturated heterocycles. The molecule has 0 aliphatic carbocycles. The molecule has 0 unspecified atom stereocenters. The second-order valence-electron chi connectivity index (χ2n) is 5.88. The summed E-state index contributed by atoms with van der Waals surface area (Å²) in [5.74, 6) is 0.341. The van der Waals surface area contributed by atoms with E-state index in [2.05, 4.69) is 15.6 Å². The van der Waals surface area contributed by atoms with Crippen molar-refractivity contribution in [3.8, 4) is 5.88 Å². The van der Waals surface area contributed by atoms with Crippen LogP contribution >= 0.6 is 0 Å². The molecule has 1 aliphatic heterocycles. The number of amides is 1. The van der Waals surface area contributed by atoms with E-state index in [1.807, 2.05) is 0 Å². The lowest BCUT2D eigenvalue weighted by atomic mass is 9.93. The quantitative estimate of drug-likeness (QED) is 0.797. The van der Waals surface area contributed by atoms with Gasteiger partial charge in [0, 0.05) is 24.7 Å². The fraction of sp³-hybridized carbons (Fsp3) is 0.625. The van der Waals surface area contributed by atoms with Crippen molar-refractivity contribution in [3.63, 3.8) is 0 Å². The first-order valence-corrected chi connectivity index (χ1v) is 8.05. The third-order valence-electron chi connectivity index (χ3n) is 3.94. The molecule has 1 aromatic rings. The van der Waals surface area contributed by atoms with Crippen molar-refractivity contribution in [3.05, 3.63) is 23.9 Å². The molecule has 8 heteroatoms. The Morgan fingerprint density at radius 1 is 1.38 bits per heavy atom. The molecular formula is C16H22F3N3O2. The number of ether oxygens (including phenoxy) is 1. The molecule has 0 atom stereocenters. The van der Waals surface area contributed by atoms with E-state index >= 15 is 0 Å². The van der Waals surface area contributed by atoms with Crippen molar-refractivity contribution in [2.75, 3.05) is 19.7 Å². The van der Waals surface area contributed by atoms with E-state index in [1.54, 1.807) is 12.1 Å². The Labute approximate surface area is 139 Å². The number of aromatic nitrogens is 1. The zero-order chi connectivity index (χ0) is 17.4. The molecule has 0 bridgehead atoms. The Balaban J connectivity index is 1.77. The van der Waals surface area contributed by atoms with Crippen LogP contribution < -0.4 is 15.4 Å². The molecule has 5 nitrogen and oxygen atoms in total. The maximum atomic E-state index is 12.2. The Morgan fingerprint density at radius 3 is 2.83 bits per heavy atom. The summed E-state index contributed by atoms with van der Waals surface area (Å²) < 4.78 is 41.4. The number of hydrogen-bond acceptors (Lipinski definition) is 4. The number of rotatable bonds is 7. The zero-order valence-electron chi connectivity index (χ0n) is 13.4. The molecule has 1 aromatic heterocycles. The average Bonchev–Trinajstić information content (AvgIpc) is 2.57. The average molecular weight is 345 g/mol. The SMILES string of the molecule is O=C(CCC1CCNCC1)NCc1cccnc1OCC(F)(F)F. The standard InChI is InChI=1S/C16H22F3N3O2/c17-16(18,19)11-24-15-13(2-1-7-21-15)10-22-14(23)4-3-12-5-8-20-9-6-12/h1-2,7,12,20H,3-6,8-11H2,(H,22,23).